The van der Waals surface area contributed by atoms with E-state index in [1.54, 1.807) is 29.6 Å². The Morgan fingerprint density at radius 3 is 2.48 bits per heavy atom. The minimum absolute atomic E-state index is 0.174. The van der Waals surface area contributed by atoms with Gasteiger partial charge in [0.15, 0.2) is 5.13 Å². The predicted molar refractivity (Wildman–Crippen MR) is 117 cm³/mol. The largest absolute Gasteiger partial charge is 0.332 e. The molecule has 2 N–H and O–H groups in total. The smallest absolute Gasteiger partial charge is 0.275 e. The number of carbonyl (C=O) groups excluding carboxylic acids is 2. The van der Waals surface area contributed by atoms with E-state index >= 15 is 0 Å². The number of benzene rings is 2. The highest BCUT2D eigenvalue weighted by Gasteiger charge is 2.19. The van der Waals surface area contributed by atoms with E-state index in [4.69, 9.17) is 11.6 Å². The summed E-state index contributed by atoms with van der Waals surface area (Å²) in [5.41, 5.74) is 2.74. The highest BCUT2D eigenvalue weighted by atomic mass is 35.5. The molecule has 6 nitrogen and oxygen atoms in total. The molecular formula is C21H19ClN4O2S. The number of nitrogens with zero attached hydrogens (tertiary/aromatic N) is 2. The van der Waals surface area contributed by atoms with E-state index in [9.17, 15) is 9.59 Å². The van der Waals surface area contributed by atoms with Gasteiger partial charge in [-0.05, 0) is 61.4 Å². The van der Waals surface area contributed by atoms with E-state index in [0.717, 1.165) is 30.8 Å². The summed E-state index contributed by atoms with van der Waals surface area (Å²) in [6.07, 6.45) is 2.61. The van der Waals surface area contributed by atoms with E-state index in [1.807, 2.05) is 29.2 Å². The predicted octanol–water partition coefficient (Wildman–Crippen LogP) is 5.31. The zero-order valence-corrected chi connectivity index (χ0v) is 17.1. The quantitative estimate of drug-likeness (QED) is 0.579. The van der Waals surface area contributed by atoms with Crippen LogP contribution in [0, 0.1) is 0 Å². The van der Waals surface area contributed by atoms with Crippen molar-refractivity contribution in [1.29, 1.82) is 0 Å². The zero-order valence-electron chi connectivity index (χ0n) is 15.5. The summed E-state index contributed by atoms with van der Waals surface area (Å²) in [5.74, 6) is -0.108. The molecule has 2 heterocycles. The number of hydrogen-bond donors (Lipinski definition) is 2. The number of anilines is 4. The Labute approximate surface area is 177 Å². The van der Waals surface area contributed by atoms with Crippen LogP contribution < -0.4 is 15.5 Å². The average Bonchev–Trinajstić information content (AvgIpc) is 3.19. The molecule has 8 heteroatoms. The van der Waals surface area contributed by atoms with Crippen molar-refractivity contribution in [2.24, 2.45) is 0 Å². The third kappa shape index (κ3) is 4.75. The first-order valence-corrected chi connectivity index (χ1v) is 10.5. The Morgan fingerprint density at radius 2 is 1.76 bits per heavy atom. The van der Waals surface area contributed by atoms with Gasteiger partial charge in [-0.3, -0.25) is 9.59 Å². The Kier molecular flexibility index (Phi) is 5.78. The van der Waals surface area contributed by atoms with Crippen LogP contribution in [0.5, 0.6) is 0 Å². The fraction of sp³-hybridized carbons (Fsp3) is 0.190. The van der Waals surface area contributed by atoms with Gasteiger partial charge in [0.1, 0.15) is 5.69 Å². The van der Waals surface area contributed by atoms with Gasteiger partial charge in [0.25, 0.3) is 5.91 Å². The minimum Gasteiger partial charge on any atom is -0.332 e. The van der Waals surface area contributed by atoms with Gasteiger partial charge >= 0.3 is 0 Å². The van der Waals surface area contributed by atoms with Gasteiger partial charge in [0, 0.05) is 40.4 Å². The van der Waals surface area contributed by atoms with Crippen LogP contribution in [-0.4, -0.2) is 23.3 Å². The number of carbonyl (C=O) groups is 2. The summed E-state index contributed by atoms with van der Waals surface area (Å²) in [6, 6.07) is 14.6. The zero-order chi connectivity index (χ0) is 20.2. The molecule has 4 rings (SSSR count). The van der Waals surface area contributed by atoms with Gasteiger partial charge in [0.05, 0.1) is 0 Å². The van der Waals surface area contributed by atoms with Crippen molar-refractivity contribution < 1.29 is 9.59 Å². The molecule has 0 aliphatic carbocycles. The standard InChI is InChI=1S/C21H19ClN4O2S/c22-14-4-6-15(7-5-14)23-20(28)18-13-29-21(25-18)24-16-8-10-17(11-9-16)26-12-2-1-3-19(26)27/h4-11,13H,1-3,12H2,(H,23,28)(H,24,25). The molecule has 1 aromatic heterocycles. The SMILES string of the molecule is O=C(Nc1ccc(Cl)cc1)c1csc(Nc2ccc(N3CCCCC3=O)cc2)n1. The summed E-state index contributed by atoms with van der Waals surface area (Å²) in [4.78, 5) is 30.6. The fourth-order valence-corrected chi connectivity index (χ4v) is 3.93. The van der Waals surface area contributed by atoms with Gasteiger partial charge in [-0.1, -0.05) is 11.6 Å². The van der Waals surface area contributed by atoms with Gasteiger partial charge < -0.3 is 15.5 Å². The first-order chi connectivity index (χ1) is 14.1. The highest BCUT2D eigenvalue weighted by Crippen LogP contribution is 2.26. The van der Waals surface area contributed by atoms with Crippen molar-refractivity contribution in [2.45, 2.75) is 19.3 Å². The molecule has 2 aromatic carbocycles. The molecular weight excluding hydrogens is 408 g/mol. The van der Waals surface area contributed by atoms with Crippen molar-refractivity contribution in [1.82, 2.24) is 4.98 Å². The number of aromatic nitrogens is 1. The van der Waals surface area contributed by atoms with Crippen LogP contribution >= 0.6 is 22.9 Å². The monoisotopic (exact) mass is 426 g/mol. The third-order valence-corrected chi connectivity index (χ3v) is 5.60. The molecule has 0 unspecified atom stereocenters. The summed E-state index contributed by atoms with van der Waals surface area (Å²) < 4.78 is 0. The van der Waals surface area contributed by atoms with Crippen molar-refractivity contribution in [3.63, 3.8) is 0 Å². The van der Waals surface area contributed by atoms with Gasteiger partial charge in [-0.15, -0.1) is 11.3 Å². The van der Waals surface area contributed by atoms with Crippen LogP contribution in [0.25, 0.3) is 0 Å². The molecule has 0 atom stereocenters. The van der Waals surface area contributed by atoms with Crippen LogP contribution in [0.1, 0.15) is 29.8 Å². The summed E-state index contributed by atoms with van der Waals surface area (Å²) >= 11 is 7.21. The van der Waals surface area contributed by atoms with Crippen LogP contribution in [-0.2, 0) is 4.79 Å². The van der Waals surface area contributed by atoms with Crippen LogP contribution in [0.4, 0.5) is 22.2 Å². The van der Waals surface area contributed by atoms with E-state index in [1.165, 1.54) is 11.3 Å². The lowest BCUT2D eigenvalue weighted by atomic mass is 10.1. The first kappa shape index (κ1) is 19.4. The Morgan fingerprint density at radius 1 is 1.03 bits per heavy atom. The molecule has 1 aliphatic heterocycles. The normalized spacial score (nSPS) is 14.0. The van der Waals surface area contributed by atoms with Crippen LogP contribution in [0.15, 0.2) is 53.9 Å². The molecule has 0 saturated carbocycles. The summed E-state index contributed by atoms with van der Waals surface area (Å²) in [6.45, 7) is 0.768. The molecule has 148 valence electrons. The summed E-state index contributed by atoms with van der Waals surface area (Å²) in [5, 5.41) is 8.92. The fourth-order valence-electron chi connectivity index (χ4n) is 3.09. The lowest BCUT2D eigenvalue weighted by molar-refractivity contribution is -0.119. The highest BCUT2D eigenvalue weighted by molar-refractivity contribution is 7.14. The lowest BCUT2D eigenvalue weighted by Crippen LogP contribution is -2.35. The van der Waals surface area contributed by atoms with Crippen molar-refractivity contribution in [3.8, 4) is 0 Å². The molecule has 0 spiro atoms. The first-order valence-electron chi connectivity index (χ1n) is 9.28. The second kappa shape index (κ2) is 8.63. The third-order valence-electron chi connectivity index (χ3n) is 4.59. The average molecular weight is 427 g/mol. The maximum Gasteiger partial charge on any atom is 0.275 e. The van der Waals surface area contributed by atoms with Gasteiger partial charge in [0.2, 0.25) is 5.91 Å². The van der Waals surface area contributed by atoms with E-state index in [0.29, 0.717) is 28.0 Å². The maximum atomic E-state index is 12.4. The van der Waals surface area contributed by atoms with Gasteiger partial charge in [-0.25, -0.2) is 4.98 Å². The second-order valence-corrected chi connectivity index (χ2v) is 7.97. The molecule has 0 bridgehead atoms. The number of halogens is 1. The number of nitrogens with one attached hydrogen (secondary N) is 2. The molecule has 1 saturated heterocycles. The topological polar surface area (TPSA) is 74.3 Å². The van der Waals surface area contributed by atoms with Gasteiger partial charge in [-0.2, -0.15) is 0 Å². The molecule has 1 fully saturated rings. The molecule has 3 aromatic rings. The second-order valence-electron chi connectivity index (χ2n) is 6.67. The van der Waals surface area contributed by atoms with E-state index in [-0.39, 0.29) is 11.8 Å². The number of thiazole rings is 1. The lowest BCUT2D eigenvalue weighted by Gasteiger charge is -2.26. The molecule has 2 amide bonds. The van der Waals surface area contributed by atoms with E-state index in [2.05, 4.69) is 15.6 Å². The van der Waals surface area contributed by atoms with Crippen LogP contribution in [0.2, 0.25) is 5.02 Å². The Hall–Kier alpha value is -2.90. The number of rotatable bonds is 5. The number of amides is 2. The van der Waals surface area contributed by atoms with Crippen molar-refractivity contribution >= 4 is 56.9 Å². The van der Waals surface area contributed by atoms with Crippen molar-refractivity contribution in [3.05, 3.63) is 64.6 Å². The van der Waals surface area contributed by atoms with Crippen molar-refractivity contribution in [2.75, 3.05) is 22.1 Å². The Bertz CT molecular complexity index is 1020. The number of piperidine rings is 1. The molecule has 0 radical (unpaired) electrons. The minimum atomic E-state index is -0.282. The summed E-state index contributed by atoms with van der Waals surface area (Å²) in [7, 11) is 0. The molecule has 1 aliphatic rings. The van der Waals surface area contributed by atoms with Crippen LogP contribution in [0.3, 0.4) is 0 Å². The molecule has 29 heavy (non-hydrogen) atoms. The Balaban J connectivity index is 1.39. The van der Waals surface area contributed by atoms with E-state index < -0.39 is 0 Å². The maximum absolute atomic E-state index is 12.4. The number of hydrogen-bond acceptors (Lipinski definition) is 5.